The van der Waals surface area contributed by atoms with E-state index in [9.17, 15) is 8.42 Å². The van der Waals surface area contributed by atoms with E-state index >= 15 is 0 Å². The third-order valence-corrected chi connectivity index (χ3v) is 6.17. The fourth-order valence-electron chi connectivity index (χ4n) is 3.17. The van der Waals surface area contributed by atoms with Crippen LogP contribution in [0.3, 0.4) is 0 Å². The zero-order chi connectivity index (χ0) is 14.4. The average Bonchev–Trinajstić information content (AvgIpc) is 2.64. The zero-order valence-electron chi connectivity index (χ0n) is 12.2. The molecule has 2 rings (SSSR count). The Balaban J connectivity index is 1.78. The molecule has 6 heteroatoms. The van der Waals surface area contributed by atoms with Crippen molar-refractivity contribution < 1.29 is 8.42 Å². The largest absolute Gasteiger partial charge is 0.370 e. The maximum atomic E-state index is 11.6. The van der Waals surface area contributed by atoms with E-state index in [-0.39, 0.29) is 11.7 Å². The molecule has 116 valence electrons. The summed E-state index contributed by atoms with van der Waals surface area (Å²) in [6.45, 7) is 0.533. The second-order valence-corrected chi connectivity index (χ2v) is 8.41. The smallest absolute Gasteiger partial charge is 0.188 e. The van der Waals surface area contributed by atoms with E-state index in [2.05, 4.69) is 10.3 Å². The first-order chi connectivity index (χ1) is 9.55. The Morgan fingerprint density at radius 1 is 1.10 bits per heavy atom. The second kappa shape index (κ2) is 7.29. The lowest BCUT2D eigenvalue weighted by molar-refractivity contribution is 0.490. The SMILES string of the molecule is NC(=NCC1CCCS(=O)(=O)C1)NC1CCCCCC1. The minimum absolute atomic E-state index is 0.142. The highest BCUT2D eigenvalue weighted by molar-refractivity contribution is 7.91. The van der Waals surface area contributed by atoms with E-state index < -0.39 is 9.84 Å². The number of nitrogens with zero attached hydrogens (tertiary/aromatic N) is 1. The number of hydrogen-bond donors (Lipinski definition) is 2. The molecule has 0 bridgehead atoms. The lowest BCUT2D eigenvalue weighted by atomic mass is 10.1. The topological polar surface area (TPSA) is 84.5 Å². The van der Waals surface area contributed by atoms with Gasteiger partial charge in [0.15, 0.2) is 15.8 Å². The van der Waals surface area contributed by atoms with Crippen molar-refractivity contribution in [2.45, 2.75) is 57.4 Å². The van der Waals surface area contributed by atoms with Crippen LogP contribution in [0.2, 0.25) is 0 Å². The fraction of sp³-hybridized carbons (Fsp3) is 0.929. The van der Waals surface area contributed by atoms with E-state index in [1.54, 1.807) is 0 Å². The van der Waals surface area contributed by atoms with Gasteiger partial charge in [-0.1, -0.05) is 25.7 Å². The van der Waals surface area contributed by atoms with Crippen LogP contribution < -0.4 is 11.1 Å². The van der Waals surface area contributed by atoms with Gasteiger partial charge in [-0.05, 0) is 31.6 Å². The van der Waals surface area contributed by atoms with Crippen LogP contribution in [0.25, 0.3) is 0 Å². The normalized spacial score (nSPS) is 28.8. The van der Waals surface area contributed by atoms with E-state index in [0.717, 1.165) is 25.7 Å². The van der Waals surface area contributed by atoms with Crippen molar-refractivity contribution in [1.29, 1.82) is 0 Å². The summed E-state index contributed by atoms with van der Waals surface area (Å²) in [5, 5.41) is 3.30. The predicted octanol–water partition coefficient (Wildman–Crippen LogP) is 1.44. The number of aliphatic imine (C=N–C) groups is 1. The van der Waals surface area contributed by atoms with Crippen LogP contribution in [0.4, 0.5) is 0 Å². The molecular weight excluding hydrogens is 274 g/mol. The van der Waals surface area contributed by atoms with Gasteiger partial charge in [0.1, 0.15) is 0 Å². The monoisotopic (exact) mass is 301 g/mol. The van der Waals surface area contributed by atoms with Gasteiger partial charge in [0.05, 0.1) is 11.5 Å². The highest BCUT2D eigenvalue weighted by Crippen LogP contribution is 2.19. The molecule has 3 N–H and O–H groups in total. The Kier molecular flexibility index (Phi) is 5.69. The summed E-state index contributed by atoms with van der Waals surface area (Å²) in [7, 11) is -2.84. The van der Waals surface area contributed by atoms with Gasteiger partial charge >= 0.3 is 0 Å². The Hall–Kier alpha value is -0.780. The Labute approximate surface area is 122 Å². The lowest BCUT2D eigenvalue weighted by Gasteiger charge is -2.21. The summed E-state index contributed by atoms with van der Waals surface area (Å²) in [6.07, 6.45) is 9.17. The van der Waals surface area contributed by atoms with E-state index in [4.69, 9.17) is 5.73 Å². The second-order valence-electron chi connectivity index (χ2n) is 6.18. The molecule has 1 saturated carbocycles. The summed E-state index contributed by atoms with van der Waals surface area (Å²) in [5.74, 6) is 1.24. The first-order valence-corrected chi connectivity index (χ1v) is 9.64. The van der Waals surface area contributed by atoms with E-state index in [1.165, 1.54) is 25.7 Å². The molecule has 0 spiro atoms. The molecule has 1 aliphatic carbocycles. The van der Waals surface area contributed by atoms with Crippen LogP contribution in [0.15, 0.2) is 4.99 Å². The van der Waals surface area contributed by atoms with Crippen LogP contribution in [-0.4, -0.2) is 38.5 Å². The van der Waals surface area contributed by atoms with Crippen LogP contribution in [0.5, 0.6) is 0 Å². The summed E-state index contributed by atoms with van der Waals surface area (Å²) < 4.78 is 23.1. The molecule has 0 aromatic heterocycles. The molecule has 0 aromatic carbocycles. The number of nitrogens with one attached hydrogen (secondary N) is 1. The summed E-state index contributed by atoms with van der Waals surface area (Å²) in [5.41, 5.74) is 5.93. The maximum Gasteiger partial charge on any atom is 0.188 e. The van der Waals surface area contributed by atoms with E-state index in [0.29, 0.717) is 24.3 Å². The molecule has 20 heavy (non-hydrogen) atoms. The zero-order valence-corrected chi connectivity index (χ0v) is 13.0. The van der Waals surface area contributed by atoms with Crippen molar-refractivity contribution in [3.05, 3.63) is 0 Å². The number of nitrogens with two attached hydrogens (primary N) is 1. The Morgan fingerprint density at radius 2 is 1.80 bits per heavy atom. The maximum absolute atomic E-state index is 11.6. The molecule has 0 radical (unpaired) electrons. The molecule has 0 aromatic rings. The van der Waals surface area contributed by atoms with E-state index in [1.807, 2.05) is 0 Å². The fourth-order valence-corrected chi connectivity index (χ4v) is 4.93. The third-order valence-electron chi connectivity index (χ3n) is 4.28. The van der Waals surface area contributed by atoms with Gasteiger partial charge in [-0.2, -0.15) is 0 Å². The minimum atomic E-state index is -2.84. The standard InChI is InChI=1S/C14H27N3O2S/c15-14(17-13-7-3-1-2-4-8-13)16-10-12-6-5-9-20(18,19)11-12/h12-13H,1-11H2,(H3,15,16,17). The molecule has 0 amide bonds. The van der Waals surface area contributed by atoms with Crippen LogP contribution >= 0.6 is 0 Å². The summed E-state index contributed by atoms with van der Waals surface area (Å²) >= 11 is 0. The Morgan fingerprint density at radius 3 is 2.45 bits per heavy atom. The summed E-state index contributed by atoms with van der Waals surface area (Å²) in [4.78, 5) is 4.36. The van der Waals surface area contributed by atoms with Crippen molar-refractivity contribution in [2.24, 2.45) is 16.6 Å². The molecule has 1 aliphatic heterocycles. The highest BCUT2D eigenvalue weighted by Gasteiger charge is 2.24. The molecule has 2 fully saturated rings. The van der Waals surface area contributed by atoms with Gasteiger partial charge in [0.2, 0.25) is 0 Å². The molecule has 2 aliphatic rings. The van der Waals surface area contributed by atoms with Crippen molar-refractivity contribution in [2.75, 3.05) is 18.1 Å². The van der Waals surface area contributed by atoms with Gasteiger partial charge in [-0.3, -0.25) is 4.99 Å². The van der Waals surface area contributed by atoms with Crippen molar-refractivity contribution >= 4 is 15.8 Å². The number of sulfone groups is 1. The van der Waals surface area contributed by atoms with Crippen molar-refractivity contribution in [3.63, 3.8) is 0 Å². The molecular formula is C14H27N3O2S. The van der Waals surface area contributed by atoms with Gasteiger partial charge < -0.3 is 11.1 Å². The summed E-state index contributed by atoms with van der Waals surface area (Å²) in [6, 6.07) is 0.441. The first-order valence-electron chi connectivity index (χ1n) is 7.82. The van der Waals surface area contributed by atoms with Gasteiger partial charge in [0.25, 0.3) is 0 Å². The minimum Gasteiger partial charge on any atom is -0.370 e. The van der Waals surface area contributed by atoms with Gasteiger partial charge in [-0.25, -0.2) is 8.42 Å². The quantitative estimate of drug-likeness (QED) is 0.469. The van der Waals surface area contributed by atoms with Crippen LogP contribution in [-0.2, 0) is 9.84 Å². The highest BCUT2D eigenvalue weighted by atomic mass is 32.2. The number of rotatable bonds is 3. The van der Waals surface area contributed by atoms with Crippen LogP contribution in [0, 0.1) is 5.92 Å². The van der Waals surface area contributed by atoms with Crippen LogP contribution in [0.1, 0.15) is 51.4 Å². The molecule has 1 heterocycles. The lowest BCUT2D eigenvalue weighted by Crippen LogP contribution is -2.40. The van der Waals surface area contributed by atoms with Crippen molar-refractivity contribution in [3.8, 4) is 0 Å². The molecule has 1 atom stereocenters. The molecule has 1 unspecified atom stereocenters. The van der Waals surface area contributed by atoms with Gasteiger partial charge in [0, 0.05) is 12.6 Å². The average molecular weight is 301 g/mol. The third kappa shape index (κ3) is 5.31. The van der Waals surface area contributed by atoms with Crippen molar-refractivity contribution in [1.82, 2.24) is 5.32 Å². The first kappa shape index (κ1) is 15.6. The molecule has 1 saturated heterocycles. The number of hydrogen-bond acceptors (Lipinski definition) is 3. The van der Waals surface area contributed by atoms with Gasteiger partial charge in [-0.15, -0.1) is 0 Å². The number of guanidine groups is 1. The predicted molar refractivity (Wildman–Crippen MR) is 82.5 cm³/mol. The Bertz CT molecular complexity index is 426. The molecule has 5 nitrogen and oxygen atoms in total.